The monoisotopic (exact) mass is 355 g/mol. The number of allylic oxidation sites excluding steroid dienone is 3. The number of benzene rings is 1. The van der Waals surface area contributed by atoms with E-state index in [9.17, 15) is 10.0 Å². The largest absolute Gasteiger partial charge is 0.497 e. The number of aliphatic imine (C=N–C) groups is 2. The molecule has 0 saturated heterocycles. The number of carbonyl (C=O) groups excluding carboxylic acids is 1. The Morgan fingerprint density at radius 1 is 1.28 bits per heavy atom. The van der Waals surface area contributed by atoms with E-state index in [2.05, 4.69) is 9.98 Å². The van der Waals surface area contributed by atoms with Crippen molar-refractivity contribution in [1.82, 2.24) is 5.06 Å². The normalized spacial score (nSPS) is 17.7. The Labute approximate surface area is 149 Å². The van der Waals surface area contributed by atoms with Crippen LogP contribution in [0.5, 0.6) is 5.75 Å². The maximum absolute atomic E-state index is 12.2. The quantitative estimate of drug-likeness (QED) is 0.879. The highest BCUT2D eigenvalue weighted by molar-refractivity contribution is 8.16. The molecule has 0 radical (unpaired) electrons. The molecule has 1 N–H and O–H groups in total. The van der Waals surface area contributed by atoms with Gasteiger partial charge in [0.2, 0.25) is 0 Å². The lowest BCUT2D eigenvalue weighted by Gasteiger charge is -2.11. The number of nitrogens with zero attached hydrogens (tertiary/aromatic N) is 3. The molecule has 2 aliphatic rings. The van der Waals surface area contributed by atoms with Crippen molar-refractivity contribution in [3.8, 4) is 5.75 Å². The molecule has 128 valence electrons. The molecule has 0 amide bonds. The van der Waals surface area contributed by atoms with Crippen molar-refractivity contribution in [2.75, 3.05) is 13.7 Å². The van der Waals surface area contributed by atoms with Crippen LogP contribution >= 0.6 is 11.8 Å². The van der Waals surface area contributed by atoms with Crippen LogP contribution in [0.15, 0.2) is 69.3 Å². The van der Waals surface area contributed by atoms with Gasteiger partial charge in [0.05, 0.1) is 17.6 Å². The van der Waals surface area contributed by atoms with Crippen LogP contribution in [0.25, 0.3) is 0 Å². The number of rotatable bonds is 5. The first-order chi connectivity index (χ1) is 12.2. The van der Waals surface area contributed by atoms with Gasteiger partial charge < -0.3 is 4.74 Å². The van der Waals surface area contributed by atoms with Crippen molar-refractivity contribution >= 4 is 28.9 Å². The maximum Gasteiger partial charge on any atom is 0.163 e. The van der Waals surface area contributed by atoms with Crippen molar-refractivity contribution in [1.29, 1.82) is 0 Å². The van der Waals surface area contributed by atoms with E-state index in [1.807, 2.05) is 24.3 Å². The average Bonchev–Trinajstić information content (AvgIpc) is 3.10. The molecule has 0 atom stereocenters. The van der Waals surface area contributed by atoms with Gasteiger partial charge in [0, 0.05) is 18.8 Å². The highest BCUT2D eigenvalue weighted by atomic mass is 32.2. The van der Waals surface area contributed by atoms with E-state index in [1.165, 1.54) is 24.2 Å². The van der Waals surface area contributed by atoms with Crippen LogP contribution in [0.1, 0.15) is 5.56 Å². The first-order valence-corrected chi connectivity index (χ1v) is 8.50. The molecule has 0 fully saturated rings. The molecule has 0 aliphatic carbocycles. The zero-order valence-corrected chi connectivity index (χ0v) is 14.4. The molecule has 2 aliphatic heterocycles. The molecular formula is C18H17N3O3S. The number of carbonyl (C=O) groups is 1. The van der Waals surface area contributed by atoms with E-state index in [4.69, 9.17) is 4.74 Å². The molecule has 25 heavy (non-hydrogen) atoms. The van der Waals surface area contributed by atoms with E-state index in [1.54, 1.807) is 24.8 Å². The van der Waals surface area contributed by atoms with Crippen LogP contribution in [0.3, 0.4) is 0 Å². The molecular weight excluding hydrogens is 338 g/mol. The summed E-state index contributed by atoms with van der Waals surface area (Å²) >= 11 is 1.45. The SMILES string of the molecule is COc1ccc(CC(=O)CN=C2N=CSC2=C2C=CN(O)C=C2)cc1. The van der Waals surface area contributed by atoms with Crippen molar-refractivity contribution in [3.05, 3.63) is 64.9 Å². The number of hydrogen-bond acceptors (Lipinski definition) is 6. The molecule has 6 nitrogen and oxygen atoms in total. The molecule has 0 spiro atoms. The summed E-state index contributed by atoms with van der Waals surface area (Å²) in [6.07, 6.45) is 6.93. The Balaban J connectivity index is 1.65. The number of ketones is 1. The van der Waals surface area contributed by atoms with Crippen LogP contribution < -0.4 is 4.74 Å². The molecule has 0 aromatic heterocycles. The molecule has 1 aromatic rings. The fourth-order valence-electron chi connectivity index (χ4n) is 2.31. The van der Waals surface area contributed by atoms with Gasteiger partial charge in [-0.2, -0.15) is 0 Å². The lowest BCUT2D eigenvalue weighted by molar-refractivity contribution is -0.117. The van der Waals surface area contributed by atoms with Gasteiger partial charge in [-0.15, -0.1) is 0 Å². The predicted molar refractivity (Wildman–Crippen MR) is 99.0 cm³/mol. The highest BCUT2D eigenvalue weighted by Crippen LogP contribution is 2.28. The highest BCUT2D eigenvalue weighted by Gasteiger charge is 2.17. The standard InChI is InChI=1S/C18H17N3O3S/c1-24-16-4-2-13(3-5-16)10-15(22)11-19-18-17(25-12-20-18)14-6-8-21(23)9-7-14/h2-9,12,23H,10-11H2,1H3. The topological polar surface area (TPSA) is 74.5 Å². The van der Waals surface area contributed by atoms with Crippen LogP contribution in [-0.2, 0) is 11.2 Å². The third kappa shape index (κ3) is 4.46. The van der Waals surface area contributed by atoms with Gasteiger partial charge in [0.1, 0.15) is 12.3 Å². The molecule has 1 aromatic carbocycles. The second-order valence-corrected chi connectivity index (χ2v) is 6.21. The summed E-state index contributed by atoms with van der Waals surface area (Å²) in [5, 5.41) is 10.3. The van der Waals surface area contributed by atoms with E-state index >= 15 is 0 Å². The van der Waals surface area contributed by atoms with E-state index in [-0.39, 0.29) is 12.3 Å². The van der Waals surface area contributed by atoms with E-state index in [0.29, 0.717) is 12.3 Å². The smallest absolute Gasteiger partial charge is 0.163 e. The molecule has 2 heterocycles. The second-order valence-electron chi connectivity index (χ2n) is 5.35. The Morgan fingerprint density at radius 2 is 2.00 bits per heavy atom. The van der Waals surface area contributed by atoms with Gasteiger partial charge in [0.15, 0.2) is 11.6 Å². The summed E-state index contributed by atoms with van der Waals surface area (Å²) in [5.74, 6) is 1.33. The Kier molecular flexibility index (Phi) is 5.47. The van der Waals surface area contributed by atoms with Crippen LogP contribution in [0.4, 0.5) is 0 Å². The number of Topliss-reactive ketones (excluding diaryl/α,β-unsaturated/α-hetero) is 1. The second kappa shape index (κ2) is 7.96. The maximum atomic E-state index is 12.2. The summed E-state index contributed by atoms with van der Waals surface area (Å²) in [6, 6.07) is 7.42. The fourth-order valence-corrected chi connectivity index (χ4v) is 3.06. The van der Waals surface area contributed by atoms with E-state index in [0.717, 1.165) is 26.9 Å². The number of thioether (sulfide) groups is 1. The van der Waals surface area contributed by atoms with E-state index < -0.39 is 0 Å². The number of amidine groups is 1. The average molecular weight is 355 g/mol. The summed E-state index contributed by atoms with van der Waals surface area (Å²) in [5.41, 5.74) is 3.52. The molecule has 3 rings (SSSR count). The van der Waals surface area contributed by atoms with Crippen LogP contribution in [0.2, 0.25) is 0 Å². The number of ether oxygens (including phenoxy) is 1. The summed E-state index contributed by atoms with van der Waals surface area (Å²) in [7, 11) is 1.61. The number of methoxy groups -OCH3 is 1. The number of hydrogen-bond donors (Lipinski definition) is 1. The third-order valence-corrected chi connectivity index (χ3v) is 4.45. The van der Waals surface area contributed by atoms with Crippen molar-refractivity contribution in [2.24, 2.45) is 9.98 Å². The van der Waals surface area contributed by atoms with Crippen LogP contribution in [-0.4, -0.2) is 41.1 Å². The lowest BCUT2D eigenvalue weighted by atomic mass is 10.1. The zero-order valence-electron chi connectivity index (χ0n) is 13.6. The number of hydroxylamine groups is 2. The minimum absolute atomic E-state index is 0.0189. The Morgan fingerprint density at radius 3 is 2.68 bits per heavy atom. The van der Waals surface area contributed by atoms with Gasteiger partial charge in [-0.05, 0) is 35.4 Å². The summed E-state index contributed by atoms with van der Waals surface area (Å²) in [6.45, 7) is 0.0790. The molecule has 7 heteroatoms. The van der Waals surface area contributed by atoms with Gasteiger partial charge in [-0.1, -0.05) is 23.9 Å². The van der Waals surface area contributed by atoms with Crippen molar-refractivity contribution in [3.63, 3.8) is 0 Å². The first kappa shape index (κ1) is 17.2. The summed E-state index contributed by atoms with van der Waals surface area (Å²) < 4.78 is 5.11. The summed E-state index contributed by atoms with van der Waals surface area (Å²) in [4.78, 5) is 21.6. The minimum atomic E-state index is 0.0189. The molecule has 0 unspecified atom stereocenters. The minimum Gasteiger partial charge on any atom is -0.497 e. The molecule has 0 saturated carbocycles. The van der Waals surface area contributed by atoms with Gasteiger partial charge in [-0.25, -0.2) is 10.1 Å². The predicted octanol–water partition coefficient (Wildman–Crippen LogP) is 2.97. The van der Waals surface area contributed by atoms with Crippen molar-refractivity contribution < 1.29 is 14.7 Å². The Hall–Kier alpha value is -2.64. The van der Waals surface area contributed by atoms with Gasteiger partial charge in [0.25, 0.3) is 0 Å². The van der Waals surface area contributed by atoms with Gasteiger partial charge in [-0.3, -0.25) is 15.0 Å². The fraction of sp³-hybridized carbons (Fsp3) is 0.167. The third-order valence-electron chi connectivity index (χ3n) is 3.59. The Bertz CT molecular complexity index is 791. The lowest BCUT2D eigenvalue weighted by Crippen LogP contribution is -2.09. The van der Waals surface area contributed by atoms with Gasteiger partial charge >= 0.3 is 0 Å². The zero-order chi connectivity index (χ0) is 17.6. The van der Waals surface area contributed by atoms with Crippen LogP contribution in [0, 0.1) is 0 Å². The van der Waals surface area contributed by atoms with Crippen molar-refractivity contribution in [2.45, 2.75) is 6.42 Å². The first-order valence-electron chi connectivity index (χ1n) is 7.62. The molecule has 0 bridgehead atoms.